The number of imidazole rings is 2. The van der Waals surface area contributed by atoms with Gasteiger partial charge in [-0.05, 0) is 86.3 Å². The second-order valence-corrected chi connectivity index (χ2v) is 10.2. The van der Waals surface area contributed by atoms with Crippen LogP contribution in [-0.2, 0) is 0 Å². The minimum absolute atomic E-state index is 0.0910. The van der Waals surface area contributed by atoms with Gasteiger partial charge in [0.15, 0.2) is 6.23 Å². The van der Waals surface area contributed by atoms with E-state index in [0.717, 1.165) is 77.4 Å². The van der Waals surface area contributed by atoms with E-state index < -0.39 is 6.23 Å². The summed E-state index contributed by atoms with van der Waals surface area (Å²) in [6.07, 6.45) is -0.898. The highest BCUT2D eigenvalue weighted by atomic mass is 16.3. The van der Waals surface area contributed by atoms with Gasteiger partial charge in [-0.1, -0.05) is 12.1 Å². The fraction of sp³-hybridized carbons (Fsp3) is 0.167. The third-order valence-corrected chi connectivity index (χ3v) is 8.21. The molecule has 0 aliphatic carbocycles. The lowest BCUT2D eigenvalue weighted by Crippen LogP contribution is -2.18. The number of pyridine rings is 1. The van der Waals surface area contributed by atoms with Gasteiger partial charge in [0, 0.05) is 32.7 Å². The van der Waals surface area contributed by atoms with Crippen molar-refractivity contribution in [2.24, 2.45) is 0 Å². The summed E-state index contributed by atoms with van der Waals surface area (Å²) in [7, 11) is 0. The minimum atomic E-state index is -0.898. The highest BCUT2D eigenvalue weighted by Crippen LogP contribution is 2.45. The number of aryl methyl sites for hydroxylation is 4. The molecule has 4 aromatic carbocycles. The van der Waals surface area contributed by atoms with Crippen molar-refractivity contribution in [2.45, 2.75) is 33.9 Å². The quantitative estimate of drug-likeness (QED) is 0.309. The summed E-state index contributed by atoms with van der Waals surface area (Å²) < 4.78 is 3.65. The van der Waals surface area contributed by atoms with Crippen LogP contribution in [0, 0.1) is 27.7 Å². The van der Waals surface area contributed by atoms with Gasteiger partial charge < -0.3 is 5.11 Å². The zero-order valence-corrected chi connectivity index (χ0v) is 20.3. The predicted octanol–water partition coefficient (Wildman–Crippen LogP) is 5.69. The maximum atomic E-state index is 13.9. The van der Waals surface area contributed by atoms with Crippen molar-refractivity contribution in [2.75, 3.05) is 0 Å². The lowest BCUT2D eigenvalue weighted by atomic mass is 9.90. The highest BCUT2D eigenvalue weighted by Gasteiger charge is 2.31. The molecule has 4 heterocycles. The number of rotatable bonds is 0. The average Bonchev–Trinajstić information content (AvgIpc) is 3.40. The van der Waals surface area contributed by atoms with Gasteiger partial charge in [-0.3, -0.25) is 13.8 Å². The van der Waals surface area contributed by atoms with Crippen molar-refractivity contribution in [1.29, 1.82) is 0 Å². The molecule has 1 unspecified atom stereocenters. The van der Waals surface area contributed by atoms with Crippen molar-refractivity contribution in [1.82, 2.24) is 18.9 Å². The van der Waals surface area contributed by atoms with Crippen molar-refractivity contribution >= 4 is 49.3 Å². The summed E-state index contributed by atoms with van der Waals surface area (Å²) in [6.45, 7) is 8.26. The number of fused-ring (bicyclic) bond motifs is 8. The smallest absolute Gasteiger partial charge is 0.264 e. The zero-order chi connectivity index (χ0) is 24.6. The van der Waals surface area contributed by atoms with E-state index in [1.165, 1.54) is 0 Å². The molecule has 0 amide bonds. The van der Waals surface area contributed by atoms with Crippen LogP contribution in [-0.4, -0.2) is 24.0 Å². The lowest BCUT2D eigenvalue weighted by molar-refractivity contribution is 0.152. The highest BCUT2D eigenvalue weighted by molar-refractivity contribution is 6.20. The standard InChI is InChI=1S/C30H22N4O2/c1-13-9-21-23(11-15(13)3)33-27(31-21)17-5-7-20-26-18(6-8-19(25(17)26)29(33)35)28-32-22-10-14(2)16(4)12-24(22)34(28)30(20)36/h5-12,29,35H,1-4H3. The number of nitrogens with zero attached hydrogens (tertiary/aromatic N) is 4. The van der Waals surface area contributed by atoms with Crippen LogP contribution in [0.1, 0.15) is 34.0 Å². The van der Waals surface area contributed by atoms with Crippen LogP contribution >= 0.6 is 0 Å². The Bertz CT molecular complexity index is 2180. The molecule has 1 aliphatic rings. The van der Waals surface area contributed by atoms with Crippen LogP contribution < -0.4 is 5.56 Å². The third-order valence-electron chi connectivity index (χ3n) is 8.21. The van der Waals surface area contributed by atoms with Gasteiger partial charge in [0.2, 0.25) is 0 Å². The Morgan fingerprint density at radius 2 is 1.39 bits per heavy atom. The molecular weight excluding hydrogens is 448 g/mol. The monoisotopic (exact) mass is 470 g/mol. The molecule has 6 heteroatoms. The van der Waals surface area contributed by atoms with E-state index in [2.05, 4.69) is 39.8 Å². The van der Waals surface area contributed by atoms with Gasteiger partial charge in [0.25, 0.3) is 5.56 Å². The molecule has 0 fully saturated rings. The first-order valence-electron chi connectivity index (χ1n) is 12.2. The first-order valence-corrected chi connectivity index (χ1v) is 12.2. The summed E-state index contributed by atoms with van der Waals surface area (Å²) in [6, 6.07) is 16.1. The molecule has 0 saturated heterocycles. The Labute approximate surface area is 205 Å². The normalized spacial score (nSPS) is 15.2. The van der Waals surface area contributed by atoms with Gasteiger partial charge in [0.05, 0.1) is 22.1 Å². The number of aliphatic hydroxyl groups excluding tert-OH is 1. The minimum Gasteiger partial charge on any atom is -0.369 e. The molecule has 7 aromatic rings. The van der Waals surface area contributed by atoms with E-state index in [1.54, 1.807) is 4.40 Å². The van der Waals surface area contributed by atoms with Crippen LogP contribution in [0.25, 0.3) is 60.6 Å². The van der Waals surface area contributed by atoms with Gasteiger partial charge >= 0.3 is 0 Å². The Kier molecular flexibility index (Phi) is 3.48. The van der Waals surface area contributed by atoms with Crippen LogP contribution in [0.3, 0.4) is 0 Å². The Morgan fingerprint density at radius 3 is 2.14 bits per heavy atom. The SMILES string of the molecule is Cc1cc2nc3n(c2cc1C)C(O)c1ccc2c4c1c-3ccc4c(=O)n1c3cc(C)c(C)cc3nc21. The topological polar surface area (TPSA) is 72.4 Å². The van der Waals surface area contributed by atoms with Gasteiger partial charge in [-0.2, -0.15) is 0 Å². The maximum Gasteiger partial charge on any atom is 0.264 e. The third kappa shape index (κ3) is 2.19. The molecule has 8 rings (SSSR count). The molecule has 1 atom stereocenters. The fourth-order valence-electron chi connectivity index (χ4n) is 6.05. The Hall–Kier alpha value is -4.29. The maximum absolute atomic E-state index is 13.9. The van der Waals surface area contributed by atoms with Crippen molar-refractivity contribution in [3.63, 3.8) is 0 Å². The van der Waals surface area contributed by atoms with E-state index in [-0.39, 0.29) is 5.56 Å². The molecule has 174 valence electrons. The van der Waals surface area contributed by atoms with E-state index in [9.17, 15) is 9.90 Å². The van der Waals surface area contributed by atoms with E-state index in [1.807, 2.05) is 41.0 Å². The average molecular weight is 471 g/mol. The van der Waals surface area contributed by atoms with E-state index in [0.29, 0.717) is 11.0 Å². The second kappa shape index (κ2) is 6.28. The first kappa shape index (κ1) is 20.0. The summed E-state index contributed by atoms with van der Waals surface area (Å²) in [4.78, 5) is 23.7. The summed E-state index contributed by atoms with van der Waals surface area (Å²) in [5, 5.41) is 14.9. The molecule has 1 aliphatic heterocycles. The number of hydrogen-bond donors (Lipinski definition) is 1. The lowest BCUT2D eigenvalue weighted by Gasteiger charge is -2.26. The molecule has 6 nitrogen and oxygen atoms in total. The van der Waals surface area contributed by atoms with Crippen molar-refractivity contribution < 1.29 is 5.11 Å². The van der Waals surface area contributed by atoms with Crippen LogP contribution in [0.5, 0.6) is 0 Å². The molecule has 36 heavy (non-hydrogen) atoms. The first-order chi connectivity index (χ1) is 17.3. The second-order valence-electron chi connectivity index (χ2n) is 10.2. The number of hydrogen-bond acceptors (Lipinski definition) is 4. The number of aromatic nitrogens is 4. The summed E-state index contributed by atoms with van der Waals surface area (Å²) in [5.74, 6) is 0.719. The predicted molar refractivity (Wildman–Crippen MR) is 143 cm³/mol. The number of aliphatic hydroxyl groups is 1. The van der Waals surface area contributed by atoms with E-state index >= 15 is 0 Å². The molecule has 0 saturated carbocycles. The molecule has 0 radical (unpaired) electrons. The zero-order valence-electron chi connectivity index (χ0n) is 20.3. The summed E-state index contributed by atoms with van der Waals surface area (Å²) in [5.41, 5.74) is 10.2. The largest absolute Gasteiger partial charge is 0.369 e. The van der Waals surface area contributed by atoms with Crippen LogP contribution in [0.4, 0.5) is 0 Å². The Balaban J connectivity index is 1.57. The molecular formula is C30H22N4O2. The van der Waals surface area contributed by atoms with Gasteiger partial charge in [-0.15, -0.1) is 0 Å². The molecule has 0 bridgehead atoms. The Morgan fingerprint density at radius 1 is 0.750 bits per heavy atom. The van der Waals surface area contributed by atoms with Crippen LogP contribution in [0.15, 0.2) is 53.3 Å². The molecule has 1 N–H and O–H groups in total. The summed E-state index contributed by atoms with van der Waals surface area (Å²) >= 11 is 0. The molecule has 3 aromatic heterocycles. The van der Waals surface area contributed by atoms with Crippen molar-refractivity contribution in [3.05, 3.63) is 86.7 Å². The van der Waals surface area contributed by atoms with Gasteiger partial charge in [-0.25, -0.2) is 9.97 Å². The van der Waals surface area contributed by atoms with Gasteiger partial charge in [0.1, 0.15) is 11.5 Å². The fourth-order valence-corrected chi connectivity index (χ4v) is 6.05. The number of benzene rings is 4. The van der Waals surface area contributed by atoms with E-state index in [4.69, 9.17) is 9.97 Å². The van der Waals surface area contributed by atoms with Crippen molar-refractivity contribution in [3.8, 4) is 11.4 Å². The van der Waals surface area contributed by atoms with Crippen LogP contribution in [0.2, 0.25) is 0 Å². The molecule has 0 spiro atoms.